The van der Waals surface area contributed by atoms with Crippen LogP contribution in [0.1, 0.15) is 34.8 Å². The number of hydrogen-bond acceptors (Lipinski definition) is 5. The van der Waals surface area contributed by atoms with Crippen LogP contribution in [0.3, 0.4) is 0 Å². The van der Waals surface area contributed by atoms with Gasteiger partial charge in [-0.25, -0.2) is 0 Å². The van der Waals surface area contributed by atoms with Gasteiger partial charge in [-0.05, 0) is 61.4 Å². The number of nitrogens with zero attached hydrogens (tertiary/aromatic N) is 3. The van der Waals surface area contributed by atoms with Crippen LogP contribution in [0, 0.1) is 0 Å². The fourth-order valence-corrected chi connectivity index (χ4v) is 5.24. The van der Waals surface area contributed by atoms with Gasteiger partial charge in [-0.3, -0.25) is 14.5 Å². The van der Waals surface area contributed by atoms with Crippen molar-refractivity contribution in [2.45, 2.75) is 19.4 Å². The Balaban J connectivity index is 1.27. The number of amides is 1. The minimum Gasteiger partial charge on any atom is -0.419 e. The molecule has 1 heterocycles. The molecule has 0 bridgehead atoms. The van der Waals surface area contributed by atoms with Crippen LogP contribution < -0.4 is 4.90 Å². The molecule has 1 unspecified atom stereocenters. The fourth-order valence-electron chi connectivity index (χ4n) is 5.24. The second-order valence-corrected chi connectivity index (χ2v) is 10.2. The Hall–Kier alpha value is -5.49. The van der Waals surface area contributed by atoms with Gasteiger partial charge in [-0.2, -0.15) is 4.99 Å². The average Bonchev–Trinajstić information content (AvgIpc) is 3.36. The molecule has 1 fully saturated rings. The van der Waals surface area contributed by atoms with Crippen molar-refractivity contribution in [2.75, 3.05) is 11.4 Å². The molecular weight excluding hydrogens is 534 g/mol. The number of anilines is 2. The first-order chi connectivity index (χ1) is 21.1. The molecule has 6 rings (SSSR count). The first kappa shape index (κ1) is 27.7. The summed E-state index contributed by atoms with van der Waals surface area (Å²) in [6.07, 6.45) is 11.2. The summed E-state index contributed by atoms with van der Waals surface area (Å²) in [5.41, 5.74) is 4.43. The van der Waals surface area contributed by atoms with E-state index in [1.165, 1.54) is 4.90 Å². The van der Waals surface area contributed by atoms with Gasteiger partial charge in [0.2, 0.25) is 0 Å². The number of hydrogen-bond donors (Lipinski definition) is 0. The van der Waals surface area contributed by atoms with Crippen molar-refractivity contribution in [3.63, 3.8) is 0 Å². The third-order valence-electron chi connectivity index (χ3n) is 7.40. The number of likely N-dealkylation sites (N-methyl/N-ethyl adjacent to an activating group) is 1. The minimum atomic E-state index is -0.276. The summed E-state index contributed by atoms with van der Waals surface area (Å²) in [7, 11) is 0. The van der Waals surface area contributed by atoms with Crippen LogP contribution in [0.4, 0.5) is 17.1 Å². The van der Waals surface area contributed by atoms with Crippen molar-refractivity contribution in [2.24, 2.45) is 4.99 Å². The number of ether oxygens (including phenoxy) is 1. The Morgan fingerprint density at radius 2 is 1.56 bits per heavy atom. The van der Waals surface area contributed by atoms with Gasteiger partial charge < -0.3 is 9.64 Å². The lowest BCUT2D eigenvalue weighted by Crippen LogP contribution is -2.29. The zero-order chi connectivity index (χ0) is 29.6. The topological polar surface area (TPSA) is 62.2 Å². The second kappa shape index (κ2) is 12.6. The maximum Gasteiger partial charge on any atom is 0.305 e. The summed E-state index contributed by atoms with van der Waals surface area (Å²) >= 11 is 0. The van der Waals surface area contributed by atoms with Crippen LogP contribution >= 0.6 is 0 Å². The lowest BCUT2D eigenvalue weighted by molar-refractivity contribution is -0.122. The largest absolute Gasteiger partial charge is 0.419 e. The van der Waals surface area contributed by atoms with Crippen LogP contribution in [0.2, 0.25) is 0 Å². The van der Waals surface area contributed by atoms with Gasteiger partial charge in [0.15, 0.2) is 11.5 Å². The minimum absolute atomic E-state index is 0.145. The number of para-hydroxylation sites is 2. The van der Waals surface area contributed by atoms with E-state index in [4.69, 9.17) is 4.74 Å². The van der Waals surface area contributed by atoms with E-state index in [1.54, 1.807) is 36.4 Å². The molecule has 212 valence electrons. The molecule has 0 aromatic heterocycles. The van der Waals surface area contributed by atoms with Gasteiger partial charge in [0.05, 0.1) is 11.7 Å². The number of carbonyl (C=O) groups is 2. The SMILES string of the molecule is CCN1C(=O)/C(=C\c2ccc(N(c3ccccc3)C3C=CC=CC3)cc2)O/C1=N\c1ccccc1C(=O)c1ccccc1. The Morgan fingerprint density at radius 1 is 0.884 bits per heavy atom. The summed E-state index contributed by atoms with van der Waals surface area (Å²) < 4.78 is 6.02. The predicted molar refractivity (Wildman–Crippen MR) is 172 cm³/mol. The number of carbonyl (C=O) groups excluding carboxylic acids is 2. The van der Waals surface area contributed by atoms with Crippen molar-refractivity contribution < 1.29 is 14.3 Å². The summed E-state index contributed by atoms with van der Waals surface area (Å²) in [6, 6.07) is 34.9. The molecule has 4 aromatic rings. The van der Waals surface area contributed by atoms with Crippen molar-refractivity contribution in [3.05, 3.63) is 156 Å². The Labute approximate surface area is 251 Å². The maximum atomic E-state index is 13.3. The zero-order valence-electron chi connectivity index (χ0n) is 23.8. The van der Waals surface area contributed by atoms with Crippen LogP contribution in [0.5, 0.6) is 0 Å². The van der Waals surface area contributed by atoms with Gasteiger partial charge in [0, 0.05) is 29.0 Å². The molecule has 1 atom stereocenters. The zero-order valence-corrected chi connectivity index (χ0v) is 23.8. The number of ketones is 1. The van der Waals surface area contributed by atoms with Gasteiger partial charge in [0.1, 0.15) is 0 Å². The molecule has 1 aliphatic carbocycles. The maximum absolute atomic E-state index is 13.3. The highest BCUT2D eigenvalue weighted by molar-refractivity contribution is 6.14. The van der Waals surface area contributed by atoms with E-state index in [2.05, 4.69) is 58.5 Å². The van der Waals surface area contributed by atoms with Crippen molar-refractivity contribution >= 4 is 40.9 Å². The van der Waals surface area contributed by atoms with Crippen molar-refractivity contribution in [3.8, 4) is 0 Å². The highest BCUT2D eigenvalue weighted by atomic mass is 16.5. The van der Waals surface area contributed by atoms with Gasteiger partial charge in [-0.15, -0.1) is 0 Å². The summed E-state index contributed by atoms with van der Waals surface area (Å²) in [6.45, 7) is 2.24. The number of amidine groups is 1. The average molecular weight is 566 g/mol. The number of aliphatic imine (C=N–C) groups is 1. The number of rotatable bonds is 8. The Kier molecular flexibility index (Phi) is 8.09. The molecule has 0 saturated carbocycles. The van der Waals surface area contributed by atoms with Crippen LogP contribution in [0.25, 0.3) is 6.08 Å². The Morgan fingerprint density at radius 3 is 2.26 bits per heavy atom. The standard InChI is InChI=1S/C37H31N3O3/c1-2-39-36(42)34(43-37(39)38-33-21-13-12-20-32(33)35(41)28-14-6-3-7-15-28)26-27-22-24-31(25-23-27)40(29-16-8-4-9-17-29)30-18-10-5-11-19-30/h3-18,20-26,30H,2,19H2,1H3/b34-26+,38-37-. The van der Waals surface area contributed by atoms with E-state index < -0.39 is 0 Å². The van der Waals surface area contributed by atoms with Gasteiger partial charge >= 0.3 is 6.02 Å². The summed E-state index contributed by atoms with van der Waals surface area (Å²) in [5, 5.41) is 0. The van der Waals surface area contributed by atoms with E-state index in [9.17, 15) is 9.59 Å². The smallest absolute Gasteiger partial charge is 0.305 e. The van der Waals surface area contributed by atoms with Crippen molar-refractivity contribution in [1.82, 2.24) is 4.90 Å². The third-order valence-corrected chi connectivity index (χ3v) is 7.40. The molecule has 4 aromatic carbocycles. The molecule has 0 spiro atoms. The van der Waals surface area contributed by atoms with Gasteiger partial charge in [0.25, 0.3) is 5.91 Å². The molecule has 0 N–H and O–H groups in total. The van der Waals surface area contributed by atoms with E-state index in [-0.39, 0.29) is 29.5 Å². The van der Waals surface area contributed by atoms with E-state index in [0.717, 1.165) is 23.4 Å². The second-order valence-electron chi connectivity index (χ2n) is 10.2. The normalized spacial score (nSPS) is 17.8. The van der Waals surface area contributed by atoms with E-state index in [0.29, 0.717) is 23.4 Å². The molecular formula is C37H31N3O3. The van der Waals surface area contributed by atoms with Gasteiger partial charge in [-0.1, -0.05) is 97.1 Å². The quantitative estimate of drug-likeness (QED) is 0.161. The lowest BCUT2D eigenvalue weighted by Gasteiger charge is -2.32. The van der Waals surface area contributed by atoms with Crippen LogP contribution in [-0.4, -0.2) is 35.2 Å². The summed E-state index contributed by atoms with van der Waals surface area (Å²) in [4.78, 5) is 35.0. The molecule has 6 heteroatoms. The van der Waals surface area contributed by atoms with Crippen molar-refractivity contribution in [1.29, 1.82) is 0 Å². The molecule has 1 aliphatic heterocycles. The Bertz CT molecular complexity index is 1740. The molecule has 1 saturated heterocycles. The van der Waals surface area contributed by atoms with Crippen LogP contribution in [0.15, 0.2) is 144 Å². The molecule has 6 nitrogen and oxygen atoms in total. The molecule has 2 aliphatic rings. The fraction of sp³-hybridized carbons (Fsp3) is 0.108. The highest BCUT2D eigenvalue weighted by Gasteiger charge is 2.34. The van der Waals surface area contributed by atoms with E-state index in [1.807, 2.05) is 61.5 Å². The first-order valence-corrected chi connectivity index (χ1v) is 14.4. The molecule has 1 amide bonds. The predicted octanol–water partition coefficient (Wildman–Crippen LogP) is 7.85. The molecule has 0 radical (unpaired) electrons. The number of benzene rings is 4. The number of allylic oxidation sites excluding steroid dienone is 2. The highest BCUT2D eigenvalue weighted by Crippen LogP contribution is 2.32. The van der Waals surface area contributed by atoms with Crippen LogP contribution in [-0.2, 0) is 9.53 Å². The monoisotopic (exact) mass is 565 g/mol. The first-order valence-electron chi connectivity index (χ1n) is 14.4. The van der Waals surface area contributed by atoms with E-state index >= 15 is 0 Å². The third kappa shape index (κ3) is 5.95. The lowest BCUT2D eigenvalue weighted by atomic mass is 10.0. The summed E-state index contributed by atoms with van der Waals surface area (Å²) in [5.74, 6) is -0.240. The molecule has 43 heavy (non-hydrogen) atoms.